The van der Waals surface area contributed by atoms with Crippen LogP contribution in [0.25, 0.3) is 0 Å². The first-order valence-corrected chi connectivity index (χ1v) is 7.69. The second kappa shape index (κ2) is 6.70. The van der Waals surface area contributed by atoms with Gasteiger partial charge in [0, 0.05) is 25.2 Å². The fraction of sp³-hybridized carbons (Fsp3) is 0.647. The highest BCUT2D eigenvalue weighted by Gasteiger charge is 2.27. The number of nitrogens with two attached hydrogens (primary N) is 1. The monoisotopic (exact) mass is 275 g/mol. The molecular weight excluding hydrogens is 246 g/mol. The summed E-state index contributed by atoms with van der Waals surface area (Å²) in [5.74, 6) is 0.773. The Morgan fingerprint density at radius 1 is 1.40 bits per heavy atom. The number of nitrogens with zero attached hydrogens (tertiary/aromatic N) is 2. The van der Waals surface area contributed by atoms with Gasteiger partial charge in [0.1, 0.15) is 0 Å². The molecule has 2 N–H and O–H groups in total. The molecule has 0 aliphatic carbocycles. The summed E-state index contributed by atoms with van der Waals surface area (Å²) in [6.45, 7) is 7.87. The topological polar surface area (TPSA) is 32.5 Å². The summed E-state index contributed by atoms with van der Waals surface area (Å²) in [7, 11) is 4.43. The Morgan fingerprint density at radius 2 is 2.10 bits per heavy atom. The quantitative estimate of drug-likeness (QED) is 0.895. The van der Waals surface area contributed by atoms with Gasteiger partial charge in [-0.2, -0.15) is 0 Å². The van der Waals surface area contributed by atoms with Crippen molar-refractivity contribution < 1.29 is 0 Å². The molecule has 3 unspecified atom stereocenters. The number of likely N-dealkylation sites (tertiary alicyclic amines) is 1. The van der Waals surface area contributed by atoms with Gasteiger partial charge in [0.15, 0.2) is 0 Å². The highest BCUT2D eigenvalue weighted by Crippen LogP contribution is 2.27. The Hall–Kier alpha value is -0.900. The van der Waals surface area contributed by atoms with Crippen LogP contribution in [0.4, 0.5) is 0 Å². The molecule has 1 aromatic rings. The summed E-state index contributed by atoms with van der Waals surface area (Å²) in [6, 6.07) is 9.07. The van der Waals surface area contributed by atoms with Gasteiger partial charge >= 0.3 is 0 Å². The smallest absolute Gasteiger partial charge is 0.0496 e. The first kappa shape index (κ1) is 15.5. The summed E-state index contributed by atoms with van der Waals surface area (Å²) >= 11 is 0. The predicted molar refractivity (Wildman–Crippen MR) is 85.8 cm³/mol. The highest BCUT2D eigenvalue weighted by molar-refractivity contribution is 5.29. The average Bonchev–Trinajstić information content (AvgIpc) is 2.77. The number of hydrogen-bond donors (Lipinski definition) is 1. The van der Waals surface area contributed by atoms with E-state index in [1.54, 1.807) is 0 Å². The van der Waals surface area contributed by atoms with Crippen LogP contribution < -0.4 is 5.73 Å². The Balaban J connectivity index is 2.10. The lowest BCUT2D eigenvalue weighted by atomic mass is 9.94. The molecule has 1 aliphatic heterocycles. The van der Waals surface area contributed by atoms with Gasteiger partial charge in [0.2, 0.25) is 0 Å². The van der Waals surface area contributed by atoms with Crippen molar-refractivity contribution in [1.82, 2.24) is 9.80 Å². The van der Waals surface area contributed by atoms with E-state index < -0.39 is 0 Å². The van der Waals surface area contributed by atoms with Crippen molar-refractivity contribution in [1.29, 1.82) is 0 Å². The SMILES string of the molecule is Cc1ccccc1C(C(C)N)N(C)CC1CCN(C)C1. The maximum absolute atomic E-state index is 6.29. The van der Waals surface area contributed by atoms with Crippen molar-refractivity contribution in [2.24, 2.45) is 11.7 Å². The molecule has 3 heteroatoms. The third-order valence-electron chi connectivity index (χ3n) is 4.52. The Kier molecular flexibility index (Phi) is 5.19. The van der Waals surface area contributed by atoms with Crippen LogP contribution in [-0.2, 0) is 0 Å². The maximum atomic E-state index is 6.29. The summed E-state index contributed by atoms with van der Waals surface area (Å²) in [5.41, 5.74) is 9.00. The van der Waals surface area contributed by atoms with Gasteiger partial charge in [-0.3, -0.25) is 4.90 Å². The molecule has 112 valence electrons. The predicted octanol–water partition coefficient (Wildman–Crippen LogP) is 2.27. The molecule has 0 radical (unpaired) electrons. The summed E-state index contributed by atoms with van der Waals surface area (Å²) < 4.78 is 0. The highest BCUT2D eigenvalue weighted by atomic mass is 15.2. The zero-order chi connectivity index (χ0) is 14.7. The third kappa shape index (κ3) is 3.60. The minimum Gasteiger partial charge on any atom is -0.326 e. The Labute approximate surface area is 123 Å². The van der Waals surface area contributed by atoms with Crippen LogP contribution >= 0.6 is 0 Å². The largest absolute Gasteiger partial charge is 0.326 e. The average molecular weight is 275 g/mol. The Bertz CT molecular complexity index is 430. The molecule has 1 fully saturated rings. The molecule has 20 heavy (non-hydrogen) atoms. The van der Waals surface area contributed by atoms with E-state index in [9.17, 15) is 0 Å². The van der Waals surface area contributed by atoms with Crippen LogP contribution in [0.2, 0.25) is 0 Å². The molecule has 1 aromatic carbocycles. The van der Waals surface area contributed by atoms with Crippen molar-refractivity contribution in [2.75, 3.05) is 33.7 Å². The lowest BCUT2D eigenvalue weighted by Gasteiger charge is -2.34. The summed E-state index contributed by atoms with van der Waals surface area (Å²) in [6.07, 6.45) is 1.31. The summed E-state index contributed by atoms with van der Waals surface area (Å²) in [4.78, 5) is 4.88. The van der Waals surface area contributed by atoms with Gasteiger partial charge in [-0.05, 0) is 58.0 Å². The number of hydrogen-bond acceptors (Lipinski definition) is 3. The standard InChI is InChI=1S/C17H29N3/c1-13-7-5-6-8-16(13)17(14(2)18)20(4)12-15-9-10-19(3)11-15/h5-8,14-15,17H,9-12,18H2,1-4H3. The van der Waals surface area contributed by atoms with Gasteiger partial charge < -0.3 is 10.6 Å². The molecule has 3 atom stereocenters. The van der Waals surface area contributed by atoms with Crippen molar-refractivity contribution in [3.05, 3.63) is 35.4 Å². The molecule has 1 heterocycles. The van der Waals surface area contributed by atoms with Gasteiger partial charge in [-0.1, -0.05) is 24.3 Å². The molecule has 1 aliphatic rings. The minimum absolute atomic E-state index is 0.139. The molecule has 0 saturated carbocycles. The minimum atomic E-state index is 0.139. The van der Waals surface area contributed by atoms with Crippen LogP contribution in [0.1, 0.15) is 30.5 Å². The number of rotatable bonds is 5. The van der Waals surface area contributed by atoms with Crippen molar-refractivity contribution in [3.63, 3.8) is 0 Å². The van der Waals surface area contributed by atoms with E-state index in [1.165, 1.54) is 30.6 Å². The fourth-order valence-corrected chi connectivity index (χ4v) is 3.54. The van der Waals surface area contributed by atoms with Crippen molar-refractivity contribution in [3.8, 4) is 0 Å². The van der Waals surface area contributed by atoms with E-state index in [1.807, 2.05) is 0 Å². The van der Waals surface area contributed by atoms with Crippen molar-refractivity contribution >= 4 is 0 Å². The van der Waals surface area contributed by atoms with Crippen LogP contribution in [0.15, 0.2) is 24.3 Å². The fourth-order valence-electron chi connectivity index (χ4n) is 3.54. The van der Waals surface area contributed by atoms with Crippen LogP contribution in [-0.4, -0.2) is 49.6 Å². The molecule has 0 amide bonds. The van der Waals surface area contributed by atoms with Gasteiger partial charge in [0.05, 0.1) is 0 Å². The number of aryl methyl sites for hydroxylation is 1. The molecule has 3 nitrogen and oxygen atoms in total. The molecule has 0 spiro atoms. The van der Waals surface area contributed by atoms with E-state index in [-0.39, 0.29) is 6.04 Å². The second-order valence-electron chi connectivity index (χ2n) is 6.52. The first-order chi connectivity index (χ1) is 9.49. The van der Waals surface area contributed by atoms with E-state index in [0.717, 1.165) is 12.5 Å². The number of benzene rings is 1. The molecule has 2 rings (SSSR count). The van der Waals surface area contributed by atoms with Crippen molar-refractivity contribution in [2.45, 2.75) is 32.4 Å². The normalized spacial score (nSPS) is 23.2. The first-order valence-electron chi connectivity index (χ1n) is 7.69. The van der Waals surface area contributed by atoms with Crippen LogP contribution in [0.3, 0.4) is 0 Å². The Morgan fingerprint density at radius 3 is 2.65 bits per heavy atom. The lowest BCUT2D eigenvalue weighted by molar-refractivity contribution is 0.187. The zero-order valence-electron chi connectivity index (χ0n) is 13.3. The molecule has 0 aromatic heterocycles. The van der Waals surface area contributed by atoms with E-state index in [4.69, 9.17) is 5.73 Å². The summed E-state index contributed by atoms with van der Waals surface area (Å²) in [5, 5.41) is 0. The zero-order valence-corrected chi connectivity index (χ0v) is 13.3. The molecular formula is C17H29N3. The molecule has 1 saturated heterocycles. The molecule has 0 bridgehead atoms. The maximum Gasteiger partial charge on any atom is 0.0496 e. The van der Waals surface area contributed by atoms with Crippen LogP contribution in [0, 0.1) is 12.8 Å². The van der Waals surface area contributed by atoms with Gasteiger partial charge in [-0.15, -0.1) is 0 Å². The van der Waals surface area contributed by atoms with E-state index in [0.29, 0.717) is 6.04 Å². The second-order valence-corrected chi connectivity index (χ2v) is 6.52. The number of likely N-dealkylation sites (N-methyl/N-ethyl adjacent to an activating group) is 1. The lowest BCUT2D eigenvalue weighted by Crippen LogP contribution is -2.40. The van der Waals surface area contributed by atoms with Gasteiger partial charge in [0.25, 0.3) is 0 Å². The third-order valence-corrected chi connectivity index (χ3v) is 4.52. The van der Waals surface area contributed by atoms with Gasteiger partial charge in [-0.25, -0.2) is 0 Å². The van der Waals surface area contributed by atoms with E-state index in [2.05, 4.69) is 62.0 Å². The van der Waals surface area contributed by atoms with E-state index >= 15 is 0 Å². The van der Waals surface area contributed by atoms with Crippen LogP contribution in [0.5, 0.6) is 0 Å².